The first-order valence-electron chi connectivity index (χ1n) is 8.11. The highest BCUT2D eigenvalue weighted by molar-refractivity contribution is 5.93. The lowest BCUT2D eigenvalue weighted by molar-refractivity contribution is 0.761. The van der Waals surface area contributed by atoms with Crippen LogP contribution in [0.3, 0.4) is 0 Å². The van der Waals surface area contributed by atoms with E-state index in [1.807, 2.05) is 61.7 Å². The summed E-state index contributed by atoms with van der Waals surface area (Å²) in [5.74, 6) is 0.499. The first kappa shape index (κ1) is 15.2. The van der Waals surface area contributed by atoms with Gasteiger partial charge in [0.2, 0.25) is 0 Å². The van der Waals surface area contributed by atoms with Crippen LogP contribution in [0.2, 0.25) is 0 Å². The number of hydrogen-bond acceptors (Lipinski definition) is 3. The van der Waals surface area contributed by atoms with Crippen LogP contribution in [-0.2, 0) is 6.54 Å². The third-order valence-electron chi connectivity index (χ3n) is 4.43. The molecule has 4 rings (SSSR count). The molecule has 0 amide bonds. The summed E-state index contributed by atoms with van der Waals surface area (Å²) >= 11 is 0. The van der Waals surface area contributed by atoms with Crippen molar-refractivity contribution in [2.45, 2.75) is 13.5 Å². The topological polar surface area (TPSA) is 76.7 Å². The molecule has 0 atom stereocenters. The van der Waals surface area contributed by atoms with Crippen molar-refractivity contribution in [3.05, 3.63) is 82.3 Å². The summed E-state index contributed by atoms with van der Waals surface area (Å²) in [5, 5.41) is 7.92. The number of nitrogen functional groups attached to an aromatic ring is 1. The predicted molar refractivity (Wildman–Crippen MR) is 100 cm³/mol. The molecule has 2 aromatic heterocycles. The van der Waals surface area contributed by atoms with E-state index < -0.39 is 0 Å². The first-order valence-corrected chi connectivity index (χ1v) is 8.11. The summed E-state index contributed by atoms with van der Waals surface area (Å²) in [4.78, 5) is 12.2. The van der Waals surface area contributed by atoms with E-state index >= 15 is 0 Å². The van der Waals surface area contributed by atoms with Gasteiger partial charge >= 0.3 is 0 Å². The lowest BCUT2D eigenvalue weighted by atomic mass is 10.00. The number of benzene rings is 2. The Morgan fingerprint density at radius 3 is 2.72 bits per heavy atom. The van der Waals surface area contributed by atoms with Gasteiger partial charge in [-0.15, -0.1) is 0 Å². The minimum atomic E-state index is -0.0166. The molecule has 2 aromatic carbocycles. The van der Waals surface area contributed by atoms with Crippen LogP contribution in [0.5, 0.6) is 0 Å². The van der Waals surface area contributed by atoms with Gasteiger partial charge in [-0.3, -0.25) is 9.89 Å². The average molecular weight is 330 g/mol. The van der Waals surface area contributed by atoms with Crippen molar-refractivity contribution >= 4 is 16.7 Å². The van der Waals surface area contributed by atoms with Gasteiger partial charge in [-0.1, -0.05) is 30.3 Å². The number of aromatic amines is 1. The van der Waals surface area contributed by atoms with Crippen LogP contribution < -0.4 is 11.3 Å². The molecule has 0 saturated carbocycles. The fourth-order valence-electron chi connectivity index (χ4n) is 3.10. The van der Waals surface area contributed by atoms with Crippen LogP contribution >= 0.6 is 0 Å². The smallest absolute Gasteiger partial charge is 0.250 e. The number of nitrogens with one attached hydrogen (secondary N) is 1. The molecule has 4 aromatic rings. The molecule has 0 aliphatic rings. The third-order valence-corrected chi connectivity index (χ3v) is 4.43. The van der Waals surface area contributed by atoms with Gasteiger partial charge in [0.05, 0.1) is 12.1 Å². The molecule has 5 nitrogen and oxygen atoms in total. The number of anilines is 1. The molecule has 5 heteroatoms. The molecule has 0 aliphatic heterocycles. The van der Waals surface area contributed by atoms with Gasteiger partial charge in [0.25, 0.3) is 5.56 Å². The van der Waals surface area contributed by atoms with Crippen molar-refractivity contribution in [3.63, 3.8) is 0 Å². The maximum atomic E-state index is 12.2. The van der Waals surface area contributed by atoms with E-state index in [2.05, 4.69) is 10.2 Å². The van der Waals surface area contributed by atoms with Crippen molar-refractivity contribution in [2.75, 3.05) is 5.73 Å². The second-order valence-electron chi connectivity index (χ2n) is 6.19. The van der Waals surface area contributed by atoms with Crippen LogP contribution in [0.1, 0.15) is 11.1 Å². The fourth-order valence-corrected chi connectivity index (χ4v) is 3.10. The molecule has 0 unspecified atom stereocenters. The monoisotopic (exact) mass is 330 g/mol. The van der Waals surface area contributed by atoms with Gasteiger partial charge in [0.15, 0.2) is 5.82 Å². The van der Waals surface area contributed by atoms with Gasteiger partial charge in [0, 0.05) is 17.6 Å². The maximum absolute atomic E-state index is 12.2. The second-order valence-corrected chi connectivity index (χ2v) is 6.19. The molecule has 0 fully saturated rings. The summed E-state index contributed by atoms with van der Waals surface area (Å²) in [7, 11) is 0. The normalized spacial score (nSPS) is 11.1. The maximum Gasteiger partial charge on any atom is 0.250 e. The van der Waals surface area contributed by atoms with Crippen LogP contribution in [0.25, 0.3) is 22.0 Å². The van der Waals surface area contributed by atoms with Crippen molar-refractivity contribution < 1.29 is 0 Å². The number of pyridine rings is 1. The van der Waals surface area contributed by atoms with Crippen molar-refractivity contribution in [2.24, 2.45) is 0 Å². The highest BCUT2D eigenvalue weighted by atomic mass is 16.1. The Morgan fingerprint density at radius 1 is 1.12 bits per heavy atom. The zero-order valence-electron chi connectivity index (χ0n) is 13.9. The molecule has 124 valence electrons. The van der Waals surface area contributed by atoms with E-state index in [9.17, 15) is 4.79 Å². The Bertz CT molecular complexity index is 1110. The van der Waals surface area contributed by atoms with E-state index in [-0.39, 0.29) is 5.56 Å². The molecular weight excluding hydrogens is 312 g/mol. The fraction of sp³-hybridized carbons (Fsp3) is 0.100. The van der Waals surface area contributed by atoms with Crippen molar-refractivity contribution in [3.8, 4) is 11.1 Å². The van der Waals surface area contributed by atoms with Crippen LogP contribution in [0.15, 0.2) is 65.6 Å². The molecule has 3 N–H and O–H groups in total. The standard InChI is InChI=1S/C20H18N4O/c1-13-9-17-18(22-23-20(17)21)10-16(13)15-7-8-19(25)24(12-15)11-14-5-3-2-4-6-14/h2-10,12H,11H2,1H3,(H3,21,22,23). The summed E-state index contributed by atoms with van der Waals surface area (Å²) in [6.07, 6.45) is 1.91. The lowest BCUT2D eigenvalue weighted by Gasteiger charge is -2.11. The molecule has 0 aliphatic carbocycles. The number of H-pyrrole nitrogens is 1. The molecule has 0 radical (unpaired) electrons. The lowest BCUT2D eigenvalue weighted by Crippen LogP contribution is -2.19. The quantitative estimate of drug-likeness (QED) is 0.605. The number of aromatic nitrogens is 3. The van der Waals surface area contributed by atoms with Crippen molar-refractivity contribution in [1.29, 1.82) is 0 Å². The zero-order chi connectivity index (χ0) is 17.4. The first-order chi connectivity index (χ1) is 12.1. The Balaban J connectivity index is 1.80. The average Bonchev–Trinajstić information content (AvgIpc) is 2.97. The Hall–Kier alpha value is -3.34. The SMILES string of the molecule is Cc1cc2c(N)n[nH]c2cc1-c1ccc(=O)n(Cc2ccccc2)c1. The molecule has 0 saturated heterocycles. The second kappa shape index (κ2) is 5.94. The van der Waals surface area contributed by atoms with Crippen LogP contribution in [-0.4, -0.2) is 14.8 Å². The van der Waals surface area contributed by atoms with E-state index in [4.69, 9.17) is 5.73 Å². The largest absolute Gasteiger partial charge is 0.382 e. The van der Waals surface area contributed by atoms with Crippen LogP contribution in [0, 0.1) is 6.92 Å². The minimum Gasteiger partial charge on any atom is -0.382 e. The molecule has 0 bridgehead atoms. The van der Waals surface area contributed by atoms with E-state index in [0.29, 0.717) is 12.4 Å². The van der Waals surface area contributed by atoms with Gasteiger partial charge in [-0.2, -0.15) is 5.10 Å². The Kier molecular flexibility index (Phi) is 3.61. The summed E-state index contributed by atoms with van der Waals surface area (Å²) < 4.78 is 1.73. The van der Waals surface area contributed by atoms with Gasteiger partial charge in [0.1, 0.15) is 0 Å². The predicted octanol–water partition coefficient (Wildman–Crippen LogP) is 3.33. The number of fused-ring (bicyclic) bond motifs is 1. The minimum absolute atomic E-state index is 0.0166. The van der Waals surface area contributed by atoms with E-state index in [1.165, 1.54) is 0 Å². The van der Waals surface area contributed by atoms with E-state index in [1.54, 1.807) is 10.6 Å². The number of rotatable bonds is 3. The molecule has 2 heterocycles. The summed E-state index contributed by atoms with van der Waals surface area (Å²) in [5.41, 5.74) is 11.0. The van der Waals surface area contributed by atoms with Gasteiger partial charge in [-0.05, 0) is 47.4 Å². The number of aryl methyl sites for hydroxylation is 1. The zero-order valence-corrected chi connectivity index (χ0v) is 13.9. The highest BCUT2D eigenvalue weighted by Gasteiger charge is 2.10. The van der Waals surface area contributed by atoms with Crippen LogP contribution in [0.4, 0.5) is 5.82 Å². The number of hydrogen-bond donors (Lipinski definition) is 2. The summed E-state index contributed by atoms with van der Waals surface area (Å²) in [6.45, 7) is 2.58. The number of nitrogens with two attached hydrogens (primary N) is 1. The van der Waals surface area contributed by atoms with E-state index in [0.717, 1.165) is 33.2 Å². The Labute approximate surface area is 144 Å². The molecule has 25 heavy (non-hydrogen) atoms. The highest BCUT2D eigenvalue weighted by Crippen LogP contribution is 2.29. The molecular formula is C20H18N4O. The number of nitrogens with zero attached hydrogens (tertiary/aromatic N) is 2. The van der Waals surface area contributed by atoms with Gasteiger partial charge in [-0.25, -0.2) is 0 Å². The third kappa shape index (κ3) is 2.80. The molecule has 0 spiro atoms. The Morgan fingerprint density at radius 2 is 1.92 bits per heavy atom. The van der Waals surface area contributed by atoms with Crippen molar-refractivity contribution in [1.82, 2.24) is 14.8 Å². The van der Waals surface area contributed by atoms with Gasteiger partial charge < -0.3 is 10.3 Å². The summed E-state index contributed by atoms with van der Waals surface area (Å²) in [6, 6.07) is 17.5.